The van der Waals surface area contributed by atoms with Crippen LogP contribution in [0.15, 0.2) is 23.1 Å². The number of sulfonamides is 1. The van der Waals surface area contributed by atoms with Crippen LogP contribution in [0.4, 0.5) is 8.78 Å². The average Bonchev–Trinajstić information content (AvgIpc) is 2.52. The van der Waals surface area contributed by atoms with Crippen molar-refractivity contribution < 1.29 is 26.7 Å². The molecule has 1 aliphatic rings. The van der Waals surface area contributed by atoms with Gasteiger partial charge < -0.3 is 4.74 Å². The molecule has 1 aromatic rings. The van der Waals surface area contributed by atoms with Gasteiger partial charge in [0.25, 0.3) is 10.0 Å². The smallest absolute Gasteiger partial charge is 0.266 e. The highest BCUT2D eigenvalue weighted by Crippen LogP contribution is 2.24. The Morgan fingerprint density at radius 1 is 1.28 bits per heavy atom. The van der Waals surface area contributed by atoms with Crippen molar-refractivity contribution in [3.05, 3.63) is 29.8 Å². The fraction of sp³-hybridized carbons (Fsp3) is 0.588. The van der Waals surface area contributed by atoms with Gasteiger partial charge in [0.2, 0.25) is 5.91 Å². The third-order valence-corrected chi connectivity index (χ3v) is 5.65. The van der Waals surface area contributed by atoms with Gasteiger partial charge >= 0.3 is 0 Å². The van der Waals surface area contributed by atoms with E-state index in [1.165, 1.54) is 19.3 Å². The van der Waals surface area contributed by atoms with E-state index in [1.54, 1.807) is 11.6 Å². The van der Waals surface area contributed by atoms with E-state index >= 15 is 0 Å². The Hall–Kier alpha value is -1.54. The van der Waals surface area contributed by atoms with Crippen LogP contribution in [0.1, 0.15) is 45.4 Å². The van der Waals surface area contributed by atoms with E-state index in [9.17, 15) is 22.0 Å². The molecule has 0 radical (unpaired) electrons. The molecule has 0 aliphatic heterocycles. The normalized spacial score (nSPS) is 17.2. The molecule has 0 spiro atoms. The molecule has 1 saturated carbocycles. The maximum absolute atomic E-state index is 13.6. The highest BCUT2D eigenvalue weighted by atomic mass is 32.2. The molecular weight excluding hydrogens is 352 g/mol. The van der Waals surface area contributed by atoms with Crippen molar-refractivity contribution in [3.63, 3.8) is 0 Å². The van der Waals surface area contributed by atoms with E-state index in [0.717, 1.165) is 25.0 Å². The van der Waals surface area contributed by atoms with Crippen molar-refractivity contribution in [2.45, 2.75) is 56.4 Å². The summed E-state index contributed by atoms with van der Waals surface area (Å²) in [5, 5.41) is 0. The summed E-state index contributed by atoms with van der Waals surface area (Å²) in [5.74, 6) is -2.45. The second kappa shape index (κ2) is 8.71. The molecule has 0 aromatic heterocycles. The summed E-state index contributed by atoms with van der Waals surface area (Å²) in [6, 6.07) is 2.05. The highest BCUT2D eigenvalue weighted by molar-refractivity contribution is 7.90. The molecule has 1 amide bonds. The lowest BCUT2D eigenvalue weighted by Gasteiger charge is -2.23. The van der Waals surface area contributed by atoms with E-state index in [4.69, 9.17) is 4.74 Å². The Kier molecular flexibility index (Phi) is 6.89. The number of amides is 1. The van der Waals surface area contributed by atoms with Crippen molar-refractivity contribution in [2.24, 2.45) is 5.92 Å². The van der Waals surface area contributed by atoms with Gasteiger partial charge in [0, 0.05) is 12.7 Å². The number of nitrogens with one attached hydrogen (secondary N) is 1. The average molecular weight is 375 g/mol. The van der Waals surface area contributed by atoms with Gasteiger partial charge in [-0.25, -0.2) is 21.9 Å². The van der Waals surface area contributed by atoms with Crippen molar-refractivity contribution in [1.29, 1.82) is 0 Å². The van der Waals surface area contributed by atoms with Crippen molar-refractivity contribution in [2.75, 3.05) is 6.61 Å². The van der Waals surface area contributed by atoms with Crippen LogP contribution in [0.5, 0.6) is 0 Å². The van der Waals surface area contributed by atoms with Crippen molar-refractivity contribution in [1.82, 2.24) is 4.72 Å². The monoisotopic (exact) mass is 375 g/mol. The third kappa shape index (κ3) is 6.04. The number of benzene rings is 1. The first kappa shape index (κ1) is 19.8. The molecule has 5 nitrogen and oxygen atoms in total. The summed E-state index contributed by atoms with van der Waals surface area (Å²) in [6.45, 7) is 2.24. The van der Waals surface area contributed by atoms with Crippen molar-refractivity contribution >= 4 is 15.9 Å². The molecule has 8 heteroatoms. The van der Waals surface area contributed by atoms with E-state index in [-0.39, 0.29) is 6.42 Å². The summed E-state index contributed by atoms with van der Waals surface area (Å²) in [7, 11) is -4.38. The van der Waals surface area contributed by atoms with E-state index in [0.29, 0.717) is 18.6 Å². The number of ether oxygens (including phenoxy) is 1. The SMILES string of the molecule is C[C@H](CC(=O)NS(=O)(=O)c1ccc(F)cc1F)OCC1CCCCC1. The predicted octanol–water partition coefficient (Wildman–Crippen LogP) is 3.15. The minimum absolute atomic E-state index is 0.158. The van der Waals surface area contributed by atoms with Gasteiger partial charge in [-0.2, -0.15) is 0 Å². The minimum atomic E-state index is -4.38. The Bertz CT molecular complexity index is 703. The lowest BCUT2D eigenvalue weighted by molar-refractivity contribution is -0.122. The second-order valence-corrected chi connectivity index (χ2v) is 8.11. The van der Waals surface area contributed by atoms with Gasteiger partial charge in [-0.15, -0.1) is 0 Å². The van der Waals surface area contributed by atoms with Crippen LogP contribution in [0.2, 0.25) is 0 Å². The van der Waals surface area contributed by atoms with E-state index in [2.05, 4.69) is 0 Å². The fourth-order valence-corrected chi connectivity index (χ4v) is 3.97. The quantitative estimate of drug-likeness (QED) is 0.795. The number of halogens is 2. The first-order chi connectivity index (χ1) is 11.8. The first-order valence-corrected chi connectivity index (χ1v) is 9.88. The maximum atomic E-state index is 13.6. The van der Waals surface area contributed by atoms with Gasteiger partial charge in [0.05, 0.1) is 12.5 Å². The molecule has 1 aromatic carbocycles. The molecule has 0 bridgehead atoms. The number of rotatable bonds is 7. The molecule has 0 heterocycles. The third-order valence-electron chi connectivity index (χ3n) is 4.25. The maximum Gasteiger partial charge on any atom is 0.266 e. The molecule has 140 valence electrons. The van der Waals surface area contributed by atoms with E-state index < -0.39 is 38.6 Å². The molecule has 2 rings (SSSR count). The largest absolute Gasteiger partial charge is 0.378 e. The minimum Gasteiger partial charge on any atom is -0.378 e. The molecule has 1 N–H and O–H groups in total. The Morgan fingerprint density at radius 3 is 2.60 bits per heavy atom. The zero-order chi connectivity index (χ0) is 18.4. The predicted molar refractivity (Wildman–Crippen MR) is 88.3 cm³/mol. The Labute approximate surface area is 146 Å². The summed E-state index contributed by atoms with van der Waals surface area (Å²) in [5.41, 5.74) is 0. The fourth-order valence-electron chi connectivity index (χ4n) is 2.91. The number of carbonyl (C=O) groups excluding carboxylic acids is 1. The van der Waals surface area contributed by atoms with Gasteiger partial charge in [0.1, 0.15) is 16.5 Å². The van der Waals surface area contributed by atoms with Crippen molar-refractivity contribution in [3.8, 4) is 0 Å². The lowest BCUT2D eigenvalue weighted by Crippen LogP contribution is -2.34. The molecule has 1 atom stereocenters. The Balaban J connectivity index is 1.85. The standard InChI is InChI=1S/C17H23F2NO4S/c1-12(24-11-13-5-3-2-4-6-13)9-17(21)20-25(22,23)16-8-7-14(18)10-15(16)19/h7-8,10,12-13H,2-6,9,11H2,1H3,(H,20,21)/t12-/m1/s1. The lowest BCUT2D eigenvalue weighted by atomic mass is 9.90. The van der Waals surface area contributed by atoms with Crippen LogP contribution in [0.3, 0.4) is 0 Å². The first-order valence-electron chi connectivity index (χ1n) is 8.40. The van der Waals surface area contributed by atoms with Gasteiger partial charge in [0.15, 0.2) is 0 Å². The topological polar surface area (TPSA) is 72.5 Å². The molecule has 1 aliphatic carbocycles. The van der Waals surface area contributed by atoms with Crippen LogP contribution in [-0.4, -0.2) is 27.0 Å². The number of hydrogen-bond donors (Lipinski definition) is 1. The van der Waals surface area contributed by atoms with Gasteiger partial charge in [-0.3, -0.25) is 4.79 Å². The molecule has 1 fully saturated rings. The Morgan fingerprint density at radius 2 is 1.96 bits per heavy atom. The second-order valence-electron chi connectivity index (χ2n) is 6.46. The molecule has 0 unspecified atom stereocenters. The highest BCUT2D eigenvalue weighted by Gasteiger charge is 2.23. The van der Waals surface area contributed by atoms with E-state index in [1.807, 2.05) is 0 Å². The summed E-state index contributed by atoms with van der Waals surface area (Å²) in [6.07, 6.45) is 5.22. The van der Waals surface area contributed by atoms with Crippen LogP contribution >= 0.6 is 0 Å². The van der Waals surface area contributed by atoms with Crippen LogP contribution in [-0.2, 0) is 19.6 Å². The van der Waals surface area contributed by atoms with Gasteiger partial charge in [-0.1, -0.05) is 19.3 Å². The van der Waals surface area contributed by atoms with Crippen LogP contribution < -0.4 is 4.72 Å². The zero-order valence-electron chi connectivity index (χ0n) is 14.1. The zero-order valence-corrected chi connectivity index (χ0v) is 15.0. The number of hydrogen-bond acceptors (Lipinski definition) is 4. The van der Waals surface area contributed by atoms with Crippen LogP contribution in [0, 0.1) is 17.6 Å². The summed E-state index contributed by atoms with van der Waals surface area (Å²) >= 11 is 0. The molecule has 25 heavy (non-hydrogen) atoms. The molecule has 0 saturated heterocycles. The number of carbonyl (C=O) groups is 1. The molecular formula is C17H23F2NO4S. The van der Waals surface area contributed by atoms with Crippen LogP contribution in [0.25, 0.3) is 0 Å². The van der Waals surface area contributed by atoms with Gasteiger partial charge in [-0.05, 0) is 37.8 Å². The summed E-state index contributed by atoms with van der Waals surface area (Å²) in [4.78, 5) is 11.1. The summed E-state index contributed by atoms with van der Waals surface area (Å²) < 4.78 is 57.9.